The number of aromatic nitrogens is 2. The largest absolute Gasteiger partial charge is 0.469 e. The molecule has 3 aromatic heterocycles. The molecule has 162 valence electrons. The Bertz CT molecular complexity index is 864. The zero-order chi connectivity index (χ0) is 19.9. The van der Waals surface area contributed by atoms with Gasteiger partial charge in [0.25, 0.3) is 0 Å². The van der Waals surface area contributed by atoms with Crippen molar-refractivity contribution >= 4 is 41.3 Å². The van der Waals surface area contributed by atoms with Crippen molar-refractivity contribution in [1.82, 2.24) is 19.8 Å². The van der Waals surface area contributed by atoms with Crippen LogP contribution in [0, 0.1) is 5.92 Å². The first-order valence-electron chi connectivity index (χ1n) is 10.3. The van der Waals surface area contributed by atoms with E-state index in [1.165, 1.54) is 4.88 Å². The highest BCUT2D eigenvalue weighted by molar-refractivity contribution is 14.0. The lowest BCUT2D eigenvalue weighted by molar-refractivity contribution is 0.189. The first kappa shape index (κ1) is 22.9. The fourth-order valence-corrected chi connectivity index (χ4v) is 4.54. The van der Waals surface area contributed by atoms with E-state index in [-0.39, 0.29) is 24.0 Å². The number of nitrogens with one attached hydrogen (secondary N) is 1. The molecule has 2 unspecified atom stereocenters. The van der Waals surface area contributed by atoms with Crippen molar-refractivity contribution in [3.8, 4) is 0 Å². The van der Waals surface area contributed by atoms with Crippen LogP contribution in [0.3, 0.4) is 0 Å². The van der Waals surface area contributed by atoms with E-state index < -0.39 is 0 Å². The average Bonchev–Trinajstić information content (AvgIpc) is 3.50. The van der Waals surface area contributed by atoms with Gasteiger partial charge in [0.1, 0.15) is 5.76 Å². The molecular weight excluding hydrogens is 509 g/mol. The van der Waals surface area contributed by atoms with Crippen molar-refractivity contribution in [2.24, 2.45) is 10.9 Å². The number of furan rings is 1. The molecule has 1 aliphatic heterocycles. The van der Waals surface area contributed by atoms with Crippen LogP contribution in [0.1, 0.15) is 30.0 Å². The quantitative estimate of drug-likeness (QED) is 0.274. The van der Waals surface area contributed by atoms with Gasteiger partial charge in [-0.1, -0.05) is 13.0 Å². The van der Waals surface area contributed by atoms with Crippen LogP contribution in [0.2, 0.25) is 0 Å². The Balaban J connectivity index is 0.00000256. The van der Waals surface area contributed by atoms with Crippen molar-refractivity contribution in [3.05, 3.63) is 65.3 Å². The smallest absolute Gasteiger partial charge is 0.194 e. The molecule has 4 rings (SSSR count). The van der Waals surface area contributed by atoms with E-state index in [1.54, 1.807) is 17.6 Å². The van der Waals surface area contributed by atoms with Crippen LogP contribution in [0.25, 0.3) is 0 Å². The van der Waals surface area contributed by atoms with Gasteiger partial charge in [-0.2, -0.15) is 0 Å². The average molecular weight is 539 g/mol. The third kappa shape index (κ3) is 6.10. The maximum absolute atomic E-state index is 5.47. The SMILES string of the molecule is CC1CCN(C(=NCCc2cccs2)NCCc2ccco2)CC1n1ccnc1.I. The maximum atomic E-state index is 5.47. The fourth-order valence-electron chi connectivity index (χ4n) is 3.84. The van der Waals surface area contributed by atoms with Gasteiger partial charge in [0.2, 0.25) is 0 Å². The summed E-state index contributed by atoms with van der Waals surface area (Å²) in [6.07, 6.45) is 10.6. The van der Waals surface area contributed by atoms with Crippen LogP contribution >= 0.6 is 35.3 Å². The molecule has 0 aromatic carbocycles. The molecule has 30 heavy (non-hydrogen) atoms. The molecule has 1 fully saturated rings. The van der Waals surface area contributed by atoms with Crippen LogP contribution in [-0.2, 0) is 12.8 Å². The Hall–Kier alpha value is -1.81. The molecule has 0 saturated carbocycles. The summed E-state index contributed by atoms with van der Waals surface area (Å²) in [4.78, 5) is 13.0. The predicted molar refractivity (Wildman–Crippen MR) is 133 cm³/mol. The predicted octanol–water partition coefficient (Wildman–Crippen LogP) is 4.47. The van der Waals surface area contributed by atoms with E-state index in [4.69, 9.17) is 9.41 Å². The van der Waals surface area contributed by atoms with E-state index in [0.29, 0.717) is 12.0 Å². The lowest BCUT2D eigenvalue weighted by atomic mass is 9.93. The number of halogens is 1. The number of nitrogens with zero attached hydrogens (tertiary/aromatic N) is 4. The second-order valence-electron chi connectivity index (χ2n) is 7.58. The Labute approximate surface area is 199 Å². The molecule has 0 aliphatic carbocycles. The summed E-state index contributed by atoms with van der Waals surface area (Å²) in [5, 5.41) is 5.71. The molecule has 1 aliphatic rings. The number of likely N-dealkylation sites (tertiary alicyclic amines) is 1. The Morgan fingerprint density at radius 3 is 3.00 bits per heavy atom. The Morgan fingerprint density at radius 1 is 1.33 bits per heavy atom. The highest BCUT2D eigenvalue weighted by Crippen LogP contribution is 2.27. The van der Waals surface area contributed by atoms with E-state index in [1.807, 2.05) is 24.7 Å². The van der Waals surface area contributed by atoms with E-state index in [9.17, 15) is 0 Å². The first-order valence-corrected chi connectivity index (χ1v) is 11.2. The lowest BCUT2D eigenvalue weighted by Gasteiger charge is -2.39. The lowest BCUT2D eigenvalue weighted by Crippen LogP contribution is -2.49. The molecule has 8 heteroatoms. The van der Waals surface area contributed by atoms with E-state index in [2.05, 4.69) is 50.4 Å². The van der Waals surface area contributed by atoms with Gasteiger partial charge in [0.05, 0.1) is 18.6 Å². The number of piperidine rings is 1. The minimum absolute atomic E-state index is 0. The first-order chi connectivity index (χ1) is 14.3. The van der Waals surface area contributed by atoms with E-state index >= 15 is 0 Å². The van der Waals surface area contributed by atoms with Gasteiger partial charge in [-0.15, -0.1) is 35.3 Å². The summed E-state index contributed by atoms with van der Waals surface area (Å²) >= 11 is 1.80. The van der Waals surface area contributed by atoms with Crippen LogP contribution in [0.5, 0.6) is 0 Å². The number of thiophene rings is 1. The number of rotatable bonds is 7. The summed E-state index contributed by atoms with van der Waals surface area (Å²) in [5.41, 5.74) is 0. The summed E-state index contributed by atoms with van der Waals surface area (Å²) in [7, 11) is 0. The summed E-state index contributed by atoms with van der Waals surface area (Å²) in [6.45, 7) is 5.92. The van der Waals surface area contributed by atoms with E-state index in [0.717, 1.165) is 57.2 Å². The Morgan fingerprint density at radius 2 is 2.27 bits per heavy atom. The third-order valence-electron chi connectivity index (χ3n) is 5.56. The zero-order valence-electron chi connectivity index (χ0n) is 17.3. The second-order valence-corrected chi connectivity index (χ2v) is 8.61. The van der Waals surface area contributed by atoms with Crippen LogP contribution in [0.4, 0.5) is 0 Å². The molecular formula is C22H30IN5OS. The normalized spacial score (nSPS) is 19.5. The van der Waals surface area contributed by atoms with Crippen LogP contribution in [0.15, 0.2) is 64.0 Å². The van der Waals surface area contributed by atoms with Crippen LogP contribution < -0.4 is 5.32 Å². The molecule has 6 nitrogen and oxygen atoms in total. The van der Waals surface area contributed by atoms with Crippen molar-refractivity contribution in [3.63, 3.8) is 0 Å². The number of aliphatic imine (C=N–C) groups is 1. The molecule has 4 heterocycles. The summed E-state index contributed by atoms with van der Waals surface area (Å²) < 4.78 is 7.71. The van der Waals surface area contributed by atoms with Gasteiger partial charge in [-0.05, 0) is 35.9 Å². The minimum atomic E-state index is 0. The van der Waals surface area contributed by atoms with Gasteiger partial charge >= 0.3 is 0 Å². The van der Waals surface area contributed by atoms with Gasteiger partial charge in [0.15, 0.2) is 5.96 Å². The van der Waals surface area contributed by atoms with Gasteiger partial charge in [-0.3, -0.25) is 4.99 Å². The fraction of sp³-hybridized carbons (Fsp3) is 0.455. The molecule has 0 bridgehead atoms. The number of hydrogen-bond donors (Lipinski definition) is 1. The third-order valence-corrected chi connectivity index (χ3v) is 6.50. The summed E-state index contributed by atoms with van der Waals surface area (Å²) in [5.74, 6) is 2.63. The standard InChI is InChI=1S/C22H29N5OS.HI/c1-18-8-12-26(16-21(18)27-13-11-23-17-27)22(24-9-6-19-4-2-14-28-19)25-10-7-20-5-3-15-29-20;/h2-5,11,13-15,17-18,21H,6-10,12,16H2,1H3,(H,24,25);1H. The molecule has 0 amide bonds. The van der Waals surface area contributed by atoms with Gasteiger partial charge in [-0.25, -0.2) is 4.98 Å². The highest BCUT2D eigenvalue weighted by atomic mass is 127. The van der Waals surface area contributed by atoms with Crippen molar-refractivity contribution < 1.29 is 4.42 Å². The molecule has 3 aromatic rings. The number of imidazole rings is 1. The number of guanidine groups is 1. The van der Waals surface area contributed by atoms with Crippen LogP contribution in [-0.4, -0.2) is 46.6 Å². The minimum Gasteiger partial charge on any atom is -0.469 e. The topological polar surface area (TPSA) is 58.6 Å². The highest BCUT2D eigenvalue weighted by Gasteiger charge is 2.29. The van der Waals surface area contributed by atoms with Crippen molar-refractivity contribution in [2.45, 2.75) is 32.2 Å². The molecule has 1 N–H and O–H groups in total. The monoisotopic (exact) mass is 539 g/mol. The second kappa shape index (κ2) is 11.5. The van der Waals surface area contributed by atoms with Crippen molar-refractivity contribution in [1.29, 1.82) is 0 Å². The molecule has 2 atom stereocenters. The molecule has 0 radical (unpaired) electrons. The summed E-state index contributed by atoms with van der Waals surface area (Å²) in [6, 6.07) is 8.66. The molecule has 1 saturated heterocycles. The maximum Gasteiger partial charge on any atom is 0.194 e. The zero-order valence-corrected chi connectivity index (χ0v) is 20.5. The van der Waals surface area contributed by atoms with Gasteiger partial charge in [0, 0.05) is 56.3 Å². The van der Waals surface area contributed by atoms with Gasteiger partial charge < -0.3 is 19.2 Å². The molecule has 0 spiro atoms. The Kier molecular flexibility index (Phi) is 8.80. The van der Waals surface area contributed by atoms with Crippen molar-refractivity contribution in [2.75, 3.05) is 26.2 Å². The number of hydrogen-bond acceptors (Lipinski definition) is 4.